The van der Waals surface area contributed by atoms with Crippen LogP contribution in [-0.4, -0.2) is 89.5 Å². The number of para-hydroxylation sites is 1. The van der Waals surface area contributed by atoms with E-state index >= 15 is 0 Å². The number of carbonyl (C=O) groups is 2. The molecule has 0 fully saturated rings. The number of hydrogen-bond acceptors (Lipinski definition) is 7. The number of aromatic nitrogens is 2. The first kappa shape index (κ1) is 26.6. The van der Waals surface area contributed by atoms with Gasteiger partial charge in [0, 0.05) is 26.6 Å². The molecule has 0 saturated heterocycles. The lowest BCUT2D eigenvalue weighted by Gasteiger charge is -2.38. The Hall–Kier alpha value is -2.96. The first-order valence-corrected chi connectivity index (χ1v) is 13.1. The topological polar surface area (TPSA) is 134 Å². The van der Waals surface area contributed by atoms with E-state index in [1.54, 1.807) is 50.1 Å². The molecule has 3 atom stereocenters. The summed E-state index contributed by atoms with van der Waals surface area (Å²) < 4.78 is 33.1. The van der Waals surface area contributed by atoms with Crippen molar-refractivity contribution >= 4 is 27.5 Å². The van der Waals surface area contributed by atoms with Crippen LogP contribution in [0.1, 0.15) is 40.4 Å². The van der Waals surface area contributed by atoms with Crippen LogP contribution in [0.2, 0.25) is 0 Å². The third-order valence-electron chi connectivity index (χ3n) is 6.18. The van der Waals surface area contributed by atoms with Crippen LogP contribution in [0.25, 0.3) is 0 Å². The van der Waals surface area contributed by atoms with Crippen LogP contribution in [0, 0.1) is 12.8 Å². The Bertz CT molecular complexity index is 1210. The Morgan fingerprint density at radius 3 is 2.66 bits per heavy atom. The van der Waals surface area contributed by atoms with Gasteiger partial charge in [0.1, 0.15) is 11.8 Å². The van der Waals surface area contributed by atoms with Crippen molar-refractivity contribution in [2.45, 2.75) is 32.9 Å². The number of aliphatic hydroxyl groups excluding tert-OH is 1. The molecule has 192 valence electrons. The summed E-state index contributed by atoms with van der Waals surface area (Å²) >= 11 is 0. The minimum Gasteiger partial charge on any atom is -0.486 e. The summed E-state index contributed by atoms with van der Waals surface area (Å²) in [6.45, 7) is 5.43. The van der Waals surface area contributed by atoms with Crippen LogP contribution >= 0.6 is 0 Å². The Morgan fingerprint density at radius 1 is 1.40 bits per heavy atom. The summed E-state index contributed by atoms with van der Waals surface area (Å²) in [6, 6.07) is 6.02. The van der Waals surface area contributed by atoms with Gasteiger partial charge in [0.15, 0.2) is 5.75 Å². The lowest BCUT2D eigenvalue weighted by molar-refractivity contribution is 0.0389. The van der Waals surface area contributed by atoms with Gasteiger partial charge in [-0.05, 0) is 32.0 Å². The van der Waals surface area contributed by atoms with E-state index in [0.717, 1.165) is 6.26 Å². The van der Waals surface area contributed by atoms with Gasteiger partial charge in [0.05, 0.1) is 42.4 Å². The molecule has 0 radical (unpaired) electrons. The van der Waals surface area contributed by atoms with Crippen LogP contribution in [0.4, 0.5) is 5.69 Å². The SMILES string of the molecule is Cc1cc(C(=O)Nc2cccc3c2O[C@@H](CN(C)S(C)(=O)=O)[C@@H](C)CN([C@@H](C)CO)C3=O)n(C)n1. The van der Waals surface area contributed by atoms with Crippen molar-refractivity contribution in [1.29, 1.82) is 0 Å². The Balaban J connectivity index is 2.07. The fourth-order valence-electron chi connectivity index (χ4n) is 3.96. The molecule has 2 aromatic rings. The summed E-state index contributed by atoms with van der Waals surface area (Å²) in [7, 11) is -0.365. The molecular weight excluding hydrogens is 474 g/mol. The first-order valence-electron chi connectivity index (χ1n) is 11.3. The van der Waals surface area contributed by atoms with Crippen molar-refractivity contribution in [2.75, 3.05) is 38.3 Å². The van der Waals surface area contributed by atoms with Crippen molar-refractivity contribution in [1.82, 2.24) is 19.0 Å². The molecule has 35 heavy (non-hydrogen) atoms. The predicted octanol–water partition coefficient (Wildman–Crippen LogP) is 1.09. The molecule has 1 aromatic heterocycles. The molecule has 2 N–H and O–H groups in total. The smallest absolute Gasteiger partial charge is 0.274 e. The molecule has 2 amide bonds. The number of aryl methyl sites for hydroxylation is 2. The zero-order valence-electron chi connectivity index (χ0n) is 20.8. The lowest BCUT2D eigenvalue weighted by Crippen LogP contribution is -2.50. The molecule has 1 aromatic carbocycles. The van der Waals surface area contributed by atoms with Crippen molar-refractivity contribution in [2.24, 2.45) is 13.0 Å². The third kappa shape index (κ3) is 5.82. The van der Waals surface area contributed by atoms with Crippen LogP contribution < -0.4 is 10.1 Å². The number of hydrogen-bond donors (Lipinski definition) is 2. The average Bonchev–Trinajstić information content (AvgIpc) is 3.13. The monoisotopic (exact) mass is 507 g/mol. The fraction of sp³-hybridized carbons (Fsp3) is 0.522. The van der Waals surface area contributed by atoms with E-state index in [0.29, 0.717) is 11.4 Å². The molecule has 2 heterocycles. The number of fused-ring (bicyclic) bond motifs is 1. The third-order valence-corrected chi connectivity index (χ3v) is 7.46. The second kappa shape index (κ2) is 10.3. The van der Waals surface area contributed by atoms with Gasteiger partial charge in [-0.3, -0.25) is 14.3 Å². The number of likely N-dealkylation sites (N-methyl/N-ethyl adjacent to an activating group) is 1. The number of benzene rings is 1. The van der Waals surface area contributed by atoms with Gasteiger partial charge in [-0.25, -0.2) is 12.7 Å². The highest BCUT2D eigenvalue weighted by molar-refractivity contribution is 7.88. The molecule has 0 unspecified atom stereocenters. The van der Waals surface area contributed by atoms with Crippen molar-refractivity contribution in [3.05, 3.63) is 41.2 Å². The molecule has 1 aliphatic heterocycles. The summed E-state index contributed by atoms with van der Waals surface area (Å²) in [5.74, 6) is -0.916. The second-order valence-electron chi connectivity index (χ2n) is 9.10. The normalized spacial score (nSPS) is 19.5. The quantitative estimate of drug-likeness (QED) is 0.573. The molecule has 3 rings (SSSR count). The van der Waals surface area contributed by atoms with E-state index in [2.05, 4.69) is 10.4 Å². The fourth-order valence-corrected chi connectivity index (χ4v) is 4.38. The van der Waals surface area contributed by atoms with E-state index in [9.17, 15) is 23.1 Å². The highest BCUT2D eigenvalue weighted by Crippen LogP contribution is 2.35. The van der Waals surface area contributed by atoms with Gasteiger partial charge in [-0.1, -0.05) is 13.0 Å². The van der Waals surface area contributed by atoms with Crippen LogP contribution in [0.5, 0.6) is 5.75 Å². The van der Waals surface area contributed by atoms with E-state index in [-0.39, 0.29) is 48.5 Å². The lowest BCUT2D eigenvalue weighted by atomic mass is 9.99. The Kier molecular flexibility index (Phi) is 7.87. The molecule has 0 spiro atoms. The maximum atomic E-state index is 13.5. The molecule has 0 saturated carbocycles. The predicted molar refractivity (Wildman–Crippen MR) is 131 cm³/mol. The Morgan fingerprint density at radius 2 is 2.09 bits per heavy atom. The number of aliphatic hydroxyl groups is 1. The van der Waals surface area contributed by atoms with Gasteiger partial charge in [0.25, 0.3) is 11.8 Å². The van der Waals surface area contributed by atoms with E-state index in [4.69, 9.17) is 4.74 Å². The largest absolute Gasteiger partial charge is 0.486 e. The number of nitrogens with zero attached hydrogens (tertiary/aromatic N) is 4. The number of carbonyl (C=O) groups excluding carboxylic acids is 2. The maximum Gasteiger partial charge on any atom is 0.274 e. The van der Waals surface area contributed by atoms with Crippen LogP contribution in [0.3, 0.4) is 0 Å². The summed E-state index contributed by atoms with van der Waals surface area (Å²) in [5, 5.41) is 16.8. The summed E-state index contributed by atoms with van der Waals surface area (Å²) in [4.78, 5) is 28.0. The minimum atomic E-state index is -3.48. The van der Waals surface area contributed by atoms with E-state index < -0.39 is 28.1 Å². The number of rotatable bonds is 7. The van der Waals surface area contributed by atoms with Crippen molar-refractivity contribution in [3.8, 4) is 5.75 Å². The molecule has 1 aliphatic rings. The standard InChI is InChI=1S/C23H33N5O6S/c1-14-11-28(16(3)13-29)23(31)17-8-7-9-18(24-22(30)19-10-15(2)25-27(19)5)21(17)34-20(14)12-26(4)35(6,32)33/h7-10,14,16,20,29H,11-13H2,1-6H3,(H,24,30)/t14-,16-,20-/m0/s1. The van der Waals surface area contributed by atoms with Crippen molar-refractivity contribution < 1.29 is 27.9 Å². The minimum absolute atomic E-state index is 0.0399. The van der Waals surface area contributed by atoms with Gasteiger partial charge in [0.2, 0.25) is 10.0 Å². The number of anilines is 1. The van der Waals surface area contributed by atoms with Crippen LogP contribution in [0.15, 0.2) is 24.3 Å². The number of sulfonamides is 1. The number of nitrogens with one attached hydrogen (secondary N) is 1. The molecule has 11 nitrogen and oxygen atoms in total. The van der Waals surface area contributed by atoms with Gasteiger partial charge in [-0.2, -0.15) is 5.10 Å². The zero-order valence-corrected chi connectivity index (χ0v) is 21.7. The second-order valence-corrected chi connectivity index (χ2v) is 11.2. The van der Waals surface area contributed by atoms with Gasteiger partial charge >= 0.3 is 0 Å². The van der Waals surface area contributed by atoms with Gasteiger partial charge < -0.3 is 20.1 Å². The van der Waals surface area contributed by atoms with Gasteiger partial charge in [-0.15, -0.1) is 0 Å². The number of ether oxygens (including phenoxy) is 1. The highest BCUT2D eigenvalue weighted by Gasteiger charge is 2.35. The number of amides is 2. The Labute approximate surface area is 205 Å². The highest BCUT2D eigenvalue weighted by atomic mass is 32.2. The average molecular weight is 508 g/mol. The van der Waals surface area contributed by atoms with E-state index in [1.165, 1.54) is 16.0 Å². The summed E-state index contributed by atoms with van der Waals surface area (Å²) in [5.41, 5.74) is 1.49. The zero-order chi connectivity index (χ0) is 26.1. The maximum absolute atomic E-state index is 13.5. The molecular formula is C23H33N5O6S. The molecule has 0 bridgehead atoms. The van der Waals surface area contributed by atoms with Crippen molar-refractivity contribution in [3.63, 3.8) is 0 Å². The first-order chi connectivity index (χ1) is 16.3. The molecule has 0 aliphatic carbocycles. The molecule has 12 heteroatoms. The van der Waals surface area contributed by atoms with Crippen LogP contribution in [-0.2, 0) is 17.1 Å². The van der Waals surface area contributed by atoms with E-state index in [1.807, 2.05) is 6.92 Å². The summed E-state index contributed by atoms with van der Waals surface area (Å²) in [6.07, 6.45) is 0.478.